The molecule has 0 unspecified atom stereocenters. The topological polar surface area (TPSA) is 43.1 Å². The number of carbonyl (C=O) groups is 1. The lowest BCUT2D eigenvalue weighted by molar-refractivity contribution is -0.119. The van der Waals surface area contributed by atoms with Crippen molar-refractivity contribution < 1.29 is 4.79 Å². The number of benzene rings is 1. The van der Waals surface area contributed by atoms with Gasteiger partial charge in [0.2, 0.25) is 0 Å². The average molecular weight is 219 g/mol. The van der Waals surface area contributed by atoms with E-state index in [0.29, 0.717) is 12.8 Å². The Bertz CT molecular complexity index is 388. The maximum Gasteiger partial charge on any atom is 0.139 e. The van der Waals surface area contributed by atoms with Gasteiger partial charge in [-0.05, 0) is 38.8 Å². The zero-order chi connectivity index (χ0) is 12.3. The van der Waals surface area contributed by atoms with E-state index in [1.807, 2.05) is 27.7 Å². The summed E-state index contributed by atoms with van der Waals surface area (Å²) in [5, 5.41) is 0. The summed E-state index contributed by atoms with van der Waals surface area (Å²) in [6, 6.07) is 6.21. The van der Waals surface area contributed by atoms with Gasteiger partial charge in [-0.3, -0.25) is 4.79 Å². The van der Waals surface area contributed by atoms with Crippen LogP contribution in [0.5, 0.6) is 0 Å². The fourth-order valence-corrected chi connectivity index (χ4v) is 1.77. The summed E-state index contributed by atoms with van der Waals surface area (Å²) in [4.78, 5) is 11.8. The summed E-state index contributed by atoms with van der Waals surface area (Å²) in [5.74, 6) is 0.209. The Labute approximate surface area is 97.9 Å². The maximum atomic E-state index is 11.8. The van der Waals surface area contributed by atoms with Crippen LogP contribution in [0.15, 0.2) is 18.2 Å². The van der Waals surface area contributed by atoms with E-state index in [-0.39, 0.29) is 5.78 Å². The van der Waals surface area contributed by atoms with Crippen molar-refractivity contribution >= 4 is 5.78 Å². The van der Waals surface area contributed by atoms with Crippen LogP contribution in [0.2, 0.25) is 0 Å². The van der Waals surface area contributed by atoms with Gasteiger partial charge in [0.1, 0.15) is 5.78 Å². The van der Waals surface area contributed by atoms with E-state index in [1.54, 1.807) is 0 Å². The molecule has 2 heteroatoms. The van der Waals surface area contributed by atoms with Crippen LogP contribution in [0.3, 0.4) is 0 Å². The Morgan fingerprint density at radius 3 is 2.50 bits per heavy atom. The largest absolute Gasteiger partial charge is 0.325 e. The Balaban J connectivity index is 2.73. The van der Waals surface area contributed by atoms with Crippen molar-refractivity contribution in [2.24, 2.45) is 5.73 Å². The Morgan fingerprint density at radius 1 is 1.31 bits per heavy atom. The number of hydrogen-bond acceptors (Lipinski definition) is 2. The van der Waals surface area contributed by atoms with E-state index in [9.17, 15) is 4.79 Å². The molecule has 0 aliphatic rings. The fourth-order valence-electron chi connectivity index (χ4n) is 1.77. The second-order valence-electron chi connectivity index (χ2n) is 5.31. The molecule has 0 bridgehead atoms. The molecule has 0 spiro atoms. The summed E-state index contributed by atoms with van der Waals surface area (Å²) in [6.45, 7) is 7.85. The second kappa shape index (κ2) is 4.79. The van der Waals surface area contributed by atoms with Crippen molar-refractivity contribution in [3.8, 4) is 0 Å². The van der Waals surface area contributed by atoms with Gasteiger partial charge < -0.3 is 5.73 Å². The van der Waals surface area contributed by atoms with E-state index in [1.165, 1.54) is 11.1 Å². The number of ketones is 1. The predicted molar refractivity (Wildman–Crippen MR) is 67.5 cm³/mol. The minimum absolute atomic E-state index is 0.209. The van der Waals surface area contributed by atoms with Crippen LogP contribution in [-0.4, -0.2) is 11.3 Å². The minimum atomic E-state index is -0.408. The first-order chi connectivity index (χ1) is 7.28. The van der Waals surface area contributed by atoms with Crippen LogP contribution < -0.4 is 5.73 Å². The molecular formula is C14H21NO. The number of carbonyl (C=O) groups excluding carboxylic acids is 1. The predicted octanol–water partition coefficient (Wildman–Crippen LogP) is 2.54. The first kappa shape index (κ1) is 12.9. The molecular weight excluding hydrogens is 198 g/mol. The summed E-state index contributed by atoms with van der Waals surface area (Å²) in [5.41, 5.74) is 8.92. The lowest BCUT2D eigenvalue weighted by Crippen LogP contribution is -2.35. The van der Waals surface area contributed by atoms with Crippen LogP contribution >= 0.6 is 0 Å². The Kier molecular flexibility index (Phi) is 3.87. The highest BCUT2D eigenvalue weighted by atomic mass is 16.1. The van der Waals surface area contributed by atoms with E-state index in [4.69, 9.17) is 5.73 Å². The molecule has 0 saturated heterocycles. The fraction of sp³-hybridized carbons (Fsp3) is 0.500. The minimum Gasteiger partial charge on any atom is -0.325 e. The van der Waals surface area contributed by atoms with E-state index < -0.39 is 5.54 Å². The van der Waals surface area contributed by atoms with Crippen LogP contribution in [0.4, 0.5) is 0 Å². The summed E-state index contributed by atoms with van der Waals surface area (Å²) in [6.07, 6.45) is 0.925. The van der Waals surface area contributed by atoms with Crippen molar-refractivity contribution in [2.75, 3.05) is 0 Å². The van der Waals surface area contributed by atoms with Gasteiger partial charge >= 0.3 is 0 Å². The summed E-state index contributed by atoms with van der Waals surface area (Å²) in [7, 11) is 0. The molecule has 16 heavy (non-hydrogen) atoms. The molecule has 0 aliphatic heterocycles. The molecule has 0 radical (unpaired) electrons. The first-order valence-electron chi connectivity index (χ1n) is 5.65. The quantitative estimate of drug-likeness (QED) is 0.845. The van der Waals surface area contributed by atoms with Gasteiger partial charge in [0.25, 0.3) is 0 Å². The molecule has 2 nitrogen and oxygen atoms in total. The first-order valence-corrected chi connectivity index (χ1v) is 5.65. The molecule has 0 heterocycles. The van der Waals surface area contributed by atoms with Crippen molar-refractivity contribution in [1.29, 1.82) is 0 Å². The molecule has 2 N–H and O–H groups in total. The van der Waals surface area contributed by atoms with Gasteiger partial charge in [-0.1, -0.05) is 23.8 Å². The SMILES string of the molecule is Cc1ccc(C)c(CC(=O)CC(C)(C)N)c1. The highest BCUT2D eigenvalue weighted by Gasteiger charge is 2.17. The summed E-state index contributed by atoms with van der Waals surface area (Å²) < 4.78 is 0. The number of aryl methyl sites for hydroxylation is 2. The molecule has 88 valence electrons. The molecule has 1 aromatic carbocycles. The van der Waals surface area contributed by atoms with E-state index >= 15 is 0 Å². The van der Waals surface area contributed by atoms with E-state index in [0.717, 1.165) is 5.56 Å². The van der Waals surface area contributed by atoms with Gasteiger partial charge in [0.05, 0.1) is 0 Å². The highest BCUT2D eigenvalue weighted by Crippen LogP contribution is 2.14. The maximum absolute atomic E-state index is 11.8. The third-order valence-corrected chi connectivity index (χ3v) is 2.55. The van der Waals surface area contributed by atoms with Gasteiger partial charge in [0.15, 0.2) is 0 Å². The number of nitrogens with two attached hydrogens (primary N) is 1. The van der Waals surface area contributed by atoms with Crippen LogP contribution in [0, 0.1) is 13.8 Å². The molecule has 1 aromatic rings. The number of Topliss-reactive ketones (excluding diaryl/α,β-unsaturated/α-hetero) is 1. The molecule has 0 atom stereocenters. The van der Waals surface area contributed by atoms with Gasteiger partial charge in [-0.25, -0.2) is 0 Å². The Morgan fingerprint density at radius 2 is 1.94 bits per heavy atom. The van der Waals surface area contributed by atoms with Crippen molar-refractivity contribution in [3.05, 3.63) is 34.9 Å². The van der Waals surface area contributed by atoms with Crippen LogP contribution in [0.1, 0.15) is 37.0 Å². The van der Waals surface area contributed by atoms with Gasteiger partial charge in [-0.2, -0.15) is 0 Å². The van der Waals surface area contributed by atoms with Crippen molar-refractivity contribution in [3.63, 3.8) is 0 Å². The molecule has 0 fully saturated rings. The Hall–Kier alpha value is -1.15. The normalized spacial score (nSPS) is 11.6. The van der Waals surface area contributed by atoms with Gasteiger partial charge in [0, 0.05) is 18.4 Å². The third kappa shape index (κ3) is 4.15. The van der Waals surface area contributed by atoms with Crippen molar-refractivity contribution in [2.45, 2.75) is 46.1 Å². The molecule has 0 aliphatic carbocycles. The number of hydrogen-bond donors (Lipinski definition) is 1. The molecule has 1 rings (SSSR count). The van der Waals surface area contributed by atoms with Gasteiger partial charge in [-0.15, -0.1) is 0 Å². The zero-order valence-electron chi connectivity index (χ0n) is 10.6. The molecule has 0 saturated carbocycles. The van der Waals surface area contributed by atoms with Crippen molar-refractivity contribution in [1.82, 2.24) is 0 Å². The molecule has 0 aromatic heterocycles. The lowest BCUT2D eigenvalue weighted by Gasteiger charge is -2.17. The zero-order valence-corrected chi connectivity index (χ0v) is 10.6. The summed E-state index contributed by atoms with van der Waals surface area (Å²) >= 11 is 0. The third-order valence-electron chi connectivity index (χ3n) is 2.55. The van der Waals surface area contributed by atoms with E-state index in [2.05, 4.69) is 18.2 Å². The average Bonchev–Trinajstić information content (AvgIpc) is 2.08. The van der Waals surface area contributed by atoms with Crippen LogP contribution in [0.25, 0.3) is 0 Å². The number of rotatable bonds is 4. The highest BCUT2D eigenvalue weighted by molar-refractivity contribution is 5.82. The standard InChI is InChI=1S/C14H21NO/c1-10-5-6-11(2)12(7-10)8-13(16)9-14(3,4)15/h5-7H,8-9,15H2,1-4H3. The molecule has 0 amide bonds. The van der Waals surface area contributed by atoms with Crippen LogP contribution in [-0.2, 0) is 11.2 Å². The second-order valence-corrected chi connectivity index (χ2v) is 5.31. The smallest absolute Gasteiger partial charge is 0.139 e. The lowest BCUT2D eigenvalue weighted by atomic mass is 9.93. The monoisotopic (exact) mass is 219 g/mol.